The normalized spacial score (nSPS) is 16.8. The highest BCUT2D eigenvalue weighted by molar-refractivity contribution is 6.30. The first-order valence-electron chi connectivity index (χ1n) is 8.22. The molecular weight excluding hydrogens is 364 g/mol. The van der Waals surface area contributed by atoms with Crippen molar-refractivity contribution in [1.82, 2.24) is 14.9 Å². The molecular formula is C19H15ClN6O. The largest absolute Gasteiger partial charge is 0.349 e. The molecule has 27 heavy (non-hydrogen) atoms. The third-order valence-electron chi connectivity index (χ3n) is 4.16. The number of nitriles is 2. The lowest BCUT2D eigenvalue weighted by Crippen LogP contribution is -2.54. The fourth-order valence-corrected chi connectivity index (χ4v) is 3.06. The highest BCUT2D eigenvalue weighted by Crippen LogP contribution is 2.20. The number of carbonyl (C=O) groups is 1. The molecule has 1 aliphatic heterocycles. The Labute approximate surface area is 161 Å². The molecule has 1 fully saturated rings. The molecule has 8 heteroatoms. The van der Waals surface area contributed by atoms with Crippen LogP contribution in [-0.4, -0.2) is 46.5 Å². The second-order valence-corrected chi connectivity index (χ2v) is 6.29. The van der Waals surface area contributed by atoms with Gasteiger partial charge in [-0.15, -0.1) is 0 Å². The van der Waals surface area contributed by atoms with Crippen LogP contribution in [0.3, 0.4) is 0 Å². The van der Waals surface area contributed by atoms with E-state index in [9.17, 15) is 15.3 Å². The van der Waals surface area contributed by atoms with Gasteiger partial charge in [0.15, 0.2) is 11.5 Å². The van der Waals surface area contributed by atoms with Crippen LogP contribution in [0.1, 0.15) is 11.3 Å². The van der Waals surface area contributed by atoms with Crippen molar-refractivity contribution in [2.24, 2.45) is 0 Å². The van der Waals surface area contributed by atoms with Crippen molar-refractivity contribution < 1.29 is 4.79 Å². The number of amides is 1. The van der Waals surface area contributed by atoms with Gasteiger partial charge in [0, 0.05) is 36.6 Å². The quantitative estimate of drug-likeness (QED) is 0.760. The molecule has 0 spiro atoms. The van der Waals surface area contributed by atoms with Gasteiger partial charge in [-0.3, -0.25) is 4.79 Å². The molecule has 0 saturated carbocycles. The van der Waals surface area contributed by atoms with Crippen LogP contribution in [0.5, 0.6) is 0 Å². The van der Waals surface area contributed by atoms with Crippen molar-refractivity contribution in [3.63, 3.8) is 0 Å². The lowest BCUT2D eigenvalue weighted by molar-refractivity contribution is -0.127. The zero-order chi connectivity index (χ0) is 19.2. The van der Waals surface area contributed by atoms with E-state index in [0.717, 1.165) is 5.56 Å². The molecule has 134 valence electrons. The number of benzene rings is 1. The Bertz CT molecular complexity index is 961. The molecule has 1 aliphatic rings. The van der Waals surface area contributed by atoms with Crippen molar-refractivity contribution in [2.75, 3.05) is 24.5 Å². The number of rotatable bonds is 3. The van der Waals surface area contributed by atoms with Crippen LogP contribution in [0.15, 0.2) is 42.7 Å². The number of hydrogen-bond acceptors (Lipinski definition) is 6. The number of piperazine rings is 1. The van der Waals surface area contributed by atoms with Crippen LogP contribution in [-0.2, 0) is 4.79 Å². The molecule has 0 aliphatic carbocycles. The lowest BCUT2D eigenvalue weighted by Gasteiger charge is -2.38. The summed E-state index contributed by atoms with van der Waals surface area (Å²) in [6, 6.07) is 10.7. The summed E-state index contributed by atoms with van der Waals surface area (Å²) >= 11 is 5.94. The zero-order valence-corrected chi connectivity index (χ0v) is 15.0. The highest BCUT2D eigenvalue weighted by atomic mass is 35.5. The molecule has 0 radical (unpaired) electrons. The third-order valence-corrected chi connectivity index (χ3v) is 4.40. The minimum absolute atomic E-state index is 0.204. The maximum absolute atomic E-state index is 12.5. The Balaban J connectivity index is 1.73. The summed E-state index contributed by atoms with van der Waals surface area (Å²) in [5, 5.41) is 19.3. The van der Waals surface area contributed by atoms with E-state index in [2.05, 4.69) is 16.0 Å². The Morgan fingerprint density at radius 1 is 1.26 bits per heavy atom. The van der Waals surface area contributed by atoms with Gasteiger partial charge in [-0.2, -0.15) is 10.5 Å². The van der Waals surface area contributed by atoms with Crippen molar-refractivity contribution in [2.45, 2.75) is 6.04 Å². The highest BCUT2D eigenvalue weighted by Gasteiger charge is 2.31. The van der Waals surface area contributed by atoms with Gasteiger partial charge in [0.2, 0.25) is 5.91 Å². The molecule has 2 heterocycles. The van der Waals surface area contributed by atoms with E-state index >= 15 is 0 Å². The lowest BCUT2D eigenvalue weighted by atomic mass is 10.1. The van der Waals surface area contributed by atoms with E-state index < -0.39 is 6.04 Å². The molecule has 1 atom stereocenters. The SMILES string of the molecule is N#Cc1nccnc1N1CCN(C(=O)C=Cc2cccc(Cl)c2)C(C#N)C1. The average Bonchev–Trinajstić information content (AvgIpc) is 2.71. The molecule has 1 aromatic heterocycles. The molecule has 0 N–H and O–H groups in total. The van der Waals surface area contributed by atoms with Gasteiger partial charge in [-0.05, 0) is 23.8 Å². The maximum atomic E-state index is 12.5. The zero-order valence-electron chi connectivity index (χ0n) is 14.3. The monoisotopic (exact) mass is 378 g/mol. The van der Waals surface area contributed by atoms with E-state index in [4.69, 9.17) is 11.6 Å². The summed E-state index contributed by atoms with van der Waals surface area (Å²) in [5.74, 6) is 0.183. The first kappa shape index (κ1) is 18.4. The first-order valence-corrected chi connectivity index (χ1v) is 8.60. The maximum Gasteiger partial charge on any atom is 0.247 e. The molecule has 0 bridgehead atoms. The smallest absolute Gasteiger partial charge is 0.247 e. The Morgan fingerprint density at radius 2 is 2.07 bits per heavy atom. The van der Waals surface area contributed by atoms with Crippen LogP contribution >= 0.6 is 11.6 Å². The minimum atomic E-state index is -0.649. The second kappa shape index (κ2) is 8.31. The second-order valence-electron chi connectivity index (χ2n) is 5.85. The number of hydrogen-bond donors (Lipinski definition) is 0. The van der Waals surface area contributed by atoms with Gasteiger partial charge in [0.1, 0.15) is 12.1 Å². The van der Waals surface area contributed by atoms with Crippen molar-refractivity contribution in [3.8, 4) is 12.1 Å². The number of carbonyl (C=O) groups excluding carboxylic acids is 1. The summed E-state index contributed by atoms with van der Waals surface area (Å²) in [7, 11) is 0. The van der Waals surface area contributed by atoms with Crippen LogP contribution in [0.4, 0.5) is 5.82 Å². The topological polar surface area (TPSA) is 96.9 Å². The van der Waals surface area contributed by atoms with E-state index in [-0.39, 0.29) is 18.1 Å². The van der Waals surface area contributed by atoms with Crippen molar-refractivity contribution in [3.05, 3.63) is 59.0 Å². The van der Waals surface area contributed by atoms with Gasteiger partial charge in [-0.1, -0.05) is 23.7 Å². The van der Waals surface area contributed by atoms with Gasteiger partial charge in [0.25, 0.3) is 0 Å². The molecule has 2 aromatic rings. The van der Waals surface area contributed by atoms with Crippen LogP contribution < -0.4 is 4.90 Å². The number of halogens is 1. The molecule has 1 saturated heterocycles. The van der Waals surface area contributed by atoms with Gasteiger partial charge < -0.3 is 9.80 Å². The number of anilines is 1. The molecule has 1 unspecified atom stereocenters. The molecule has 1 aromatic carbocycles. The molecule has 3 rings (SSSR count). The fraction of sp³-hybridized carbons (Fsp3) is 0.211. The summed E-state index contributed by atoms with van der Waals surface area (Å²) in [4.78, 5) is 24.1. The molecule has 1 amide bonds. The van der Waals surface area contributed by atoms with E-state index in [0.29, 0.717) is 23.9 Å². The number of aromatic nitrogens is 2. The average molecular weight is 379 g/mol. The standard InChI is InChI=1S/C19H15ClN6O/c20-15-3-1-2-14(10-15)4-5-18(27)26-9-8-25(13-16(26)11-21)19-17(12-22)23-6-7-24-19/h1-7,10,16H,8-9,13H2. The summed E-state index contributed by atoms with van der Waals surface area (Å²) in [6.45, 7) is 1.07. The van der Waals surface area contributed by atoms with E-state index in [1.165, 1.54) is 23.4 Å². The number of nitrogens with zero attached hydrogens (tertiary/aromatic N) is 6. The van der Waals surface area contributed by atoms with Gasteiger partial charge >= 0.3 is 0 Å². The Morgan fingerprint density at radius 3 is 2.81 bits per heavy atom. The van der Waals surface area contributed by atoms with Crippen LogP contribution in [0.2, 0.25) is 5.02 Å². The van der Waals surface area contributed by atoms with Gasteiger partial charge in [0.05, 0.1) is 12.6 Å². The fourth-order valence-electron chi connectivity index (χ4n) is 2.86. The molecule has 7 nitrogen and oxygen atoms in total. The predicted molar refractivity (Wildman–Crippen MR) is 101 cm³/mol. The summed E-state index contributed by atoms with van der Waals surface area (Å²) in [6.07, 6.45) is 6.06. The third kappa shape index (κ3) is 4.22. The van der Waals surface area contributed by atoms with Gasteiger partial charge in [-0.25, -0.2) is 9.97 Å². The van der Waals surface area contributed by atoms with Crippen LogP contribution in [0.25, 0.3) is 6.08 Å². The Kier molecular flexibility index (Phi) is 5.65. The first-order chi connectivity index (χ1) is 13.1. The van der Waals surface area contributed by atoms with Crippen molar-refractivity contribution in [1.29, 1.82) is 10.5 Å². The Hall–Kier alpha value is -3.42. The summed E-state index contributed by atoms with van der Waals surface area (Å²) in [5.41, 5.74) is 1.01. The van der Waals surface area contributed by atoms with E-state index in [1.807, 2.05) is 17.0 Å². The predicted octanol–water partition coefficient (Wildman–Crippen LogP) is 2.26. The van der Waals surface area contributed by atoms with Crippen molar-refractivity contribution >= 4 is 29.4 Å². The minimum Gasteiger partial charge on any atom is -0.349 e. The van der Waals surface area contributed by atoms with E-state index in [1.54, 1.807) is 24.3 Å². The summed E-state index contributed by atoms with van der Waals surface area (Å²) < 4.78 is 0. The van der Waals surface area contributed by atoms with Crippen LogP contribution in [0, 0.1) is 22.7 Å².